The predicted octanol–water partition coefficient (Wildman–Crippen LogP) is 3.32. The minimum absolute atomic E-state index is 0.122. The first-order valence-corrected chi connectivity index (χ1v) is 9.17. The average Bonchev–Trinajstić information content (AvgIpc) is 2.67. The van der Waals surface area contributed by atoms with Gasteiger partial charge in [-0.05, 0) is 49.4 Å². The molecule has 0 saturated carbocycles. The Morgan fingerprint density at radius 1 is 1.00 bits per heavy atom. The van der Waals surface area contributed by atoms with Crippen LogP contribution in [0.2, 0.25) is 0 Å². The van der Waals surface area contributed by atoms with Gasteiger partial charge >= 0.3 is 6.03 Å². The molecule has 0 aliphatic carbocycles. The lowest BCUT2D eigenvalue weighted by molar-refractivity contribution is 0.171. The van der Waals surface area contributed by atoms with Gasteiger partial charge < -0.3 is 20.1 Å². The highest BCUT2D eigenvalue weighted by Gasteiger charge is 2.12. The van der Waals surface area contributed by atoms with Gasteiger partial charge in [-0.25, -0.2) is 4.79 Å². The van der Waals surface area contributed by atoms with E-state index < -0.39 is 0 Å². The summed E-state index contributed by atoms with van der Waals surface area (Å²) in [5.74, 6) is 1.57. The maximum Gasteiger partial charge on any atom is 0.315 e. The largest absolute Gasteiger partial charge is 0.486 e. The number of benzene rings is 2. The van der Waals surface area contributed by atoms with Crippen molar-refractivity contribution < 1.29 is 14.3 Å². The molecule has 2 aromatic rings. The lowest BCUT2D eigenvalue weighted by Gasteiger charge is -2.19. The Kier molecular flexibility index (Phi) is 6.36. The number of hydrogen-bond acceptors (Lipinski definition) is 3. The molecule has 138 valence electrons. The summed E-state index contributed by atoms with van der Waals surface area (Å²) in [4.78, 5) is 12.0. The first-order chi connectivity index (χ1) is 12.7. The zero-order valence-electron chi connectivity index (χ0n) is 15.2. The molecule has 0 fully saturated rings. The molecule has 5 nitrogen and oxygen atoms in total. The van der Waals surface area contributed by atoms with E-state index in [1.165, 1.54) is 5.56 Å². The lowest BCUT2D eigenvalue weighted by Crippen LogP contribution is -2.41. The van der Waals surface area contributed by atoms with Crippen LogP contribution in [-0.2, 0) is 12.8 Å². The van der Waals surface area contributed by atoms with Crippen molar-refractivity contribution >= 4 is 6.03 Å². The summed E-state index contributed by atoms with van der Waals surface area (Å²) in [6, 6.07) is 16.2. The van der Waals surface area contributed by atoms with Crippen LogP contribution in [0.25, 0.3) is 0 Å². The van der Waals surface area contributed by atoms with E-state index in [1.54, 1.807) is 0 Å². The van der Waals surface area contributed by atoms with E-state index >= 15 is 0 Å². The van der Waals surface area contributed by atoms with E-state index in [0.717, 1.165) is 36.3 Å². The molecule has 1 atom stereocenters. The molecular formula is C21H26N2O3. The fourth-order valence-electron chi connectivity index (χ4n) is 2.94. The summed E-state index contributed by atoms with van der Waals surface area (Å²) in [5, 5.41) is 5.91. The number of carbonyl (C=O) groups is 1. The highest BCUT2D eigenvalue weighted by molar-refractivity contribution is 5.74. The Morgan fingerprint density at radius 3 is 2.58 bits per heavy atom. The van der Waals surface area contributed by atoms with Crippen LogP contribution in [0.5, 0.6) is 11.5 Å². The highest BCUT2D eigenvalue weighted by Crippen LogP contribution is 2.30. The summed E-state index contributed by atoms with van der Waals surface area (Å²) in [5.41, 5.74) is 2.41. The Bertz CT molecular complexity index is 718. The summed E-state index contributed by atoms with van der Waals surface area (Å²) < 4.78 is 11.1. The molecule has 26 heavy (non-hydrogen) atoms. The van der Waals surface area contributed by atoms with E-state index in [4.69, 9.17) is 9.47 Å². The van der Waals surface area contributed by atoms with Crippen molar-refractivity contribution in [2.75, 3.05) is 19.8 Å². The second kappa shape index (κ2) is 9.13. The van der Waals surface area contributed by atoms with Gasteiger partial charge in [-0.2, -0.15) is 0 Å². The van der Waals surface area contributed by atoms with Crippen LogP contribution < -0.4 is 20.1 Å². The molecule has 2 N–H and O–H groups in total. The van der Waals surface area contributed by atoms with Gasteiger partial charge in [0.1, 0.15) is 13.2 Å². The molecule has 2 aromatic carbocycles. The van der Waals surface area contributed by atoms with Crippen LogP contribution in [0, 0.1) is 0 Å². The van der Waals surface area contributed by atoms with Crippen LogP contribution in [0.4, 0.5) is 4.79 Å². The van der Waals surface area contributed by atoms with Gasteiger partial charge in [0, 0.05) is 12.6 Å². The third kappa shape index (κ3) is 5.41. The highest BCUT2D eigenvalue weighted by atomic mass is 16.6. The smallest absolute Gasteiger partial charge is 0.315 e. The maximum absolute atomic E-state index is 12.0. The molecule has 1 aliphatic heterocycles. The van der Waals surface area contributed by atoms with Gasteiger partial charge in [-0.3, -0.25) is 0 Å². The Balaban J connectivity index is 1.36. The zero-order chi connectivity index (χ0) is 18.2. The second-order valence-corrected chi connectivity index (χ2v) is 6.55. The number of aryl methyl sites for hydroxylation is 1. The van der Waals surface area contributed by atoms with Crippen molar-refractivity contribution in [3.8, 4) is 11.5 Å². The number of fused-ring (bicyclic) bond motifs is 1. The maximum atomic E-state index is 12.0. The molecule has 0 saturated heterocycles. The fourth-order valence-corrected chi connectivity index (χ4v) is 2.94. The van der Waals surface area contributed by atoms with Gasteiger partial charge in [-0.15, -0.1) is 0 Å². The van der Waals surface area contributed by atoms with Crippen molar-refractivity contribution in [2.24, 2.45) is 0 Å². The second-order valence-electron chi connectivity index (χ2n) is 6.55. The Labute approximate surface area is 154 Å². The Hall–Kier alpha value is -2.69. The third-order valence-corrected chi connectivity index (χ3v) is 4.39. The average molecular weight is 354 g/mol. The summed E-state index contributed by atoms with van der Waals surface area (Å²) in [7, 11) is 0. The monoisotopic (exact) mass is 354 g/mol. The molecule has 1 aliphatic rings. The zero-order valence-corrected chi connectivity index (χ0v) is 15.2. The van der Waals surface area contributed by atoms with Gasteiger partial charge in [0.2, 0.25) is 0 Å². The number of ether oxygens (including phenoxy) is 2. The van der Waals surface area contributed by atoms with Crippen LogP contribution in [-0.4, -0.2) is 31.8 Å². The van der Waals surface area contributed by atoms with Crippen LogP contribution in [0.1, 0.15) is 24.5 Å². The van der Waals surface area contributed by atoms with Crippen LogP contribution in [0.3, 0.4) is 0 Å². The fraction of sp³-hybridized carbons (Fsp3) is 0.381. The summed E-state index contributed by atoms with van der Waals surface area (Å²) >= 11 is 0. The molecule has 1 heterocycles. The van der Waals surface area contributed by atoms with Crippen molar-refractivity contribution in [2.45, 2.75) is 32.2 Å². The molecule has 0 radical (unpaired) electrons. The van der Waals surface area contributed by atoms with E-state index in [9.17, 15) is 4.79 Å². The Morgan fingerprint density at radius 2 is 1.77 bits per heavy atom. The quantitative estimate of drug-likeness (QED) is 0.802. The third-order valence-electron chi connectivity index (χ3n) is 4.39. The van der Waals surface area contributed by atoms with Gasteiger partial charge in [-0.1, -0.05) is 36.4 Å². The number of amides is 2. The lowest BCUT2D eigenvalue weighted by atomic mass is 10.1. The van der Waals surface area contributed by atoms with Crippen molar-refractivity contribution in [3.05, 3.63) is 59.7 Å². The molecule has 5 heteroatoms. The van der Waals surface area contributed by atoms with E-state index in [0.29, 0.717) is 19.8 Å². The van der Waals surface area contributed by atoms with Gasteiger partial charge in [0.15, 0.2) is 11.5 Å². The number of carbonyl (C=O) groups excluding carboxylic acids is 1. The van der Waals surface area contributed by atoms with Crippen molar-refractivity contribution in [1.82, 2.24) is 10.6 Å². The van der Waals surface area contributed by atoms with E-state index in [-0.39, 0.29) is 12.1 Å². The number of rotatable bonds is 7. The number of hydrogen-bond donors (Lipinski definition) is 2. The molecular weight excluding hydrogens is 328 g/mol. The van der Waals surface area contributed by atoms with Crippen LogP contribution >= 0.6 is 0 Å². The van der Waals surface area contributed by atoms with E-state index in [1.807, 2.05) is 43.3 Å². The first kappa shape index (κ1) is 18.1. The summed E-state index contributed by atoms with van der Waals surface area (Å²) in [6.45, 7) is 3.79. The summed E-state index contributed by atoms with van der Waals surface area (Å²) in [6.07, 6.45) is 2.63. The number of nitrogens with one attached hydrogen (secondary N) is 2. The predicted molar refractivity (Wildman–Crippen MR) is 102 cm³/mol. The molecule has 0 spiro atoms. The van der Waals surface area contributed by atoms with Gasteiger partial charge in [0.25, 0.3) is 0 Å². The molecule has 0 aromatic heterocycles. The standard InChI is InChI=1S/C21H26N2O3/c1-16(7-8-17-5-3-2-4-6-17)23-21(24)22-12-11-18-9-10-19-20(15-18)26-14-13-25-19/h2-6,9-10,15-16H,7-8,11-14H2,1H3,(H2,22,23,24). The minimum Gasteiger partial charge on any atom is -0.486 e. The SMILES string of the molecule is CC(CCc1ccccc1)NC(=O)NCCc1ccc2c(c1)OCCO2. The van der Waals surface area contributed by atoms with Crippen molar-refractivity contribution in [3.63, 3.8) is 0 Å². The topological polar surface area (TPSA) is 59.6 Å². The van der Waals surface area contributed by atoms with E-state index in [2.05, 4.69) is 22.8 Å². The number of urea groups is 1. The first-order valence-electron chi connectivity index (χ1n) is 9.17. The van der Waals surface area contributed by atoms with Crippen molar-refractivity contribution in [1.29, 1.82) is 0 Å². The molecule has 2 amide bonds. The normalized spacial score (nSPS) is 13.7. The van der Waals surface area contributed by atoms with Gasteiger partial charge in [0.05, 0.1) is 0 Å². The molecule has 3 rings (SSSR count). The molecule has 1 unspecified atom stereocenters. The minimum atomic E-state index is -0.122. The molecule has 0 bridgehead atoms. The van der Waals surface area contributed by atoms with Crippen LogP contribution in [0.15, 0.2) is 48.5 Å².